The Balaban J connectivity index is 0. The van der Waals surface area contributed by atoms with Gasteiger partial charge < -0.3 is 33.2 Å². The fourth-order valence-corrected chi connectivity index (χ4v) is 15.8. The van der Waals surface area contributed by atoms with Crippen molar-refractivity contribution < 1.29 is 172 Å². The van der Waals surface area contributed by atoms with Crippen LogP contribution in [0.25, 0.3) is 0 Å². The van der Waals surface area contributed by atoms with Crippen LogP contribution in [0, 0.1) is 0 Å². The Hall–Kier alpha value is -4.76. The first-order valence-electron chi connectivity index (χ1n) is 29.5. The monoisotopic (exact) mass is 1580 g/mol. The average molecular weight is 1580 g/mol. The molecule has 0 bridgehead atoms. The topological polar surface area (TPSA) is 548 Å². The number of ether oxygens (including phenoxy) is 7. The summed E-state index contributed by atoms with van der Waals surface area (Å²) < 4.78 is 255. The molecule has 0 spiro atoms. The van der Waals surface area contributed by atoms with Crippen LogP contribution < -0.4 is 0 Å². The van der Waals surface area contributed by atoms with Crippen LogP contribution in [0.3, 0.4) is 0 Å². The van der Waals surface area contributed by atoms with Gasteiger partial charge in [-0.3, -0.25) is 47.8 Å². The summed E-state index contributed by atoms with van der Waals surface area (Å²) >= 11 is 0. The predicted octanol–water partition coefficient (Wildman–Crippen LogP) is 0.696. The minimum atomic E-state index is -3.98. The van der Waals surface area contributed by atoms with Crippen molar-refractivity contribution in [1.29, 1.82) is 0 Å². The number of ketones is 3. The van der Waals surface area contributed by atoms with E-state index >= 15 is 0 Å². The first-order chi connectivity index (χ1) is 44.8. The van der Waals surface area contributed by atoms with Crippen molar-refractivity contribution in [3.63, 3.8) is 0 Å². The van der Waals surface area contributed by atoms with E-state index in [1.54, 1.807) is 0 Å². The SMILES string of the molecule is COC(=O)C(C)OS(=O)(=O)CCCCCCS(=O)(=O)OC(C)C(C)=O.COC(=O)C(C)OS(=O)(=O)CCCCCS(=O)(=O)OC(C)C(C)=O.COC(=O)C(C)OS(=O)(=O)CCCCS(=O)(=O)OC(C)C(C)=O.O=C1OCC(COS(=O)(=O)CCCCS(=O)(=O)OCC2COC(=O)O2)O1. The Morgan fingerprint density at radius 3 is 0.694 bits per heavy atom. The molecule has 2 aliphatic rings. The van der Waals surface area contributed by atoms with E-state index in [2.05, 4.69) is 54.1 Å². The third-order valence-corrected chi connectivity index (χ3v) is 22.9. The van der Waals surface area contributed by atoms with Crippen LogP contribution in [0.1, 0.15) is 133 Å². The van der Waals surface area contributed by atoms with Gasteiger partial charge in [-0.15, -0.1) is 0 Å². The van der Waals surface area contributed by atoms with Gasteiger partial charge in [0.2, 0.25) is 0 Å². The van der Waals surface area contributed by atoms with Gasteiger partial charge in [0.25, 0.3) is 80.9 Å². The van der Waals surface area contributed by atoms with E-state index in [1.807, 2.05) is 0 Å². The Morgan fingerprint density at radius 2 is 0.510 bits per heavy atom. The molecule has 0 aromatic carbocycles. The molecule has 2 aliphatic heterocycles. The molecule has 2 fully saturated rings. The molecule has 2 saturated heterocycles. The summed E-state index contributed by atoms with van der Waals surface area (Å²) in [6, 6.07) is 0. The normalized spacial score (nSPS) is 17.1. The van der Waals surface area contributed by atoms with Crippen LogP contribution in [0.5, 0.6) is 0 Å². The van der Waals surface area contributed by atoms with E-state index in [0.29, 0.717) is 19.3 Å². The molecule has 2 heterocycles. The van der Waals surface area contributed by atoms with Gasteiger partial charge in [0.1, 0.15) is 44.7 Å². The summed E-state index contributed by atoms with van der Waals surface area (Å²) in [5.74, 6) is -6.50. The minimum absolute atomic E-state index is 0.00214. The number of carbonyl (C=O) groups excluding carboxylic acids is 8. The molecule has 0 amide bonds. The van der Waals surface area contributed by atoms with Crippen molar-refractivity contribution in [3.8, 4) is 0 Å². The van der Waals surface area contributed by atoms with Crippen LogP contribution in [-0.4, -0.2) is 258 Å². The molecule has 8 atom stereocenters. The van der Waals surface area contributed by atoms with E-state index < -0.39 is 195 Å². The maximum atomic E-state index is 11.7. The zero-order valence-electron chi connectivity index (χ0n) is 56.1. The predicted molar refractivity (Wildman–Crippen MR) is 337 cm³/mol. The highest BCUT2D eigenvalue weighted by molar-refractivity contribution is 7.88. The summed E-state index contributed by atoms with van der Waals surface area (Å²) in [6.07, 6.45) is -8.04. The summed E-state index contributed by atoms with van der Waals surface area (Å²) in [6.45, 7) is 10.5. The summed E-state index contributed by atoms with van der Waals surface area (Å²) in [7, 11) is -27.7. The molecule has 576 valence electrons. The highest BCUT2D eigenvalue weighted by Crippen LogP contribution is 2.16. The molecule has 98 heavy (non-hydrogen) atoms. The third kappa shape index (κ3) is 48.1. The first kappa shape index (κ1) is 95.3. The number of rotatable bonds is 47. The van der Waals surface area contributed by atoms with Crippen molar-refractivity contribution in [2.24, 2.45) is 0 Å². The first-order valence-corrected chi connectivity index (χ1v) is 42.1. The van der Waals surface area contributed by atoms with Crippen molar-refractivity contribution in [1.82, 2.24) is 0 Å². The van der Waals surface area contributed by atoms with Gasteiger partial charge in [-0.1, -0.05) is 19.3 Å². The molecule has 0 saturated carbocycles. The van der Waals surface area contributed by atoms with Crippen molar-refractivity contribution in [2.45, 2.75) is 182 Å². The number of methoxy groups -OCH3 is 3. The van der Waals surface area contributed by atoms with Gasteiger partial charge in [-0.2, -0.15) is 67.3 Å². The fourth-order valence-electron chi connectivity index (χ4n) is 6.56. The lowest BCUT2D eigenvalue weighted by atomic mass is 10.2. The van der Waals surface area contributed by atoms with Crippen LogP contribution in [0.4, 0.5) is 9.59 Å². The maximum Gasteiger partial charge on any atom is 0.508 e. The zero-order valence-corrected chi connectivity index (χ0v) is 62.6. The van der Waals surface area contributed by atoms with Gasteiger partial charge in [0.05, 0.1) is 67.4 Å². The van der Waals surface area contributed by atoms with Crippen molar-refractivity contribution in [2.75, 3.05) is 93.8 Å². The molecule has 47 heteroatoms. The Kier molecular flexibility index (Phi) is 44.7. The van der Waals surface area contributed by atoms with E-state index in [1.165, 1.54) is 62.3 Å². The van der Waals surface area contributed by atoms with E-state index in [9.17, 15) is 106 Å². The molecule has 2 rings (SSSR count). The van der Waals surface area contributed by atoms with Crippen molar-refractivity contribution >= 4 is 129 Å². The average Bonchev–Trinajstić information content (AvgIpc) is 1.28. The maximum absolute atomic E-state index is 11.7. The standard InChI is InChI=1S/C14H26O9S2.C13H24O9S2.C12H18O12S2.C12H22O9S2/c1-11(15)12(2)22-24(17,18)9-7-5-6-8-10-25(19,20)23-13(3)14(16)21-4;1-10(14)11(2)21-23(16,17)8-6-5-7-9-24(18,19)22-12(3)13(15)20-4;13-11-19-5-9(23-11)7-21-25(15,16)3-1-2-4-26(17,18)22-8-10-6-20-12(14)24-10;1-9(13)10(2)20-22(15,16)7-5-6-8-23(17,18)21-11(3)12(14)19-4/h12-13H,5-10H2,1-4H3;11-12H,5-9H2,1-4H3;9-10H,1-8H2;10-11H,5-8H2,1-4H3. The number of Topliss-reactive ketones (excluding diaryl/α,β-unsaturated/α-hetero) is 3. The Labute approximate surface area is 573 Å². The van der Waals surface area contributed by atoms with Crippen LogP contribution in [0.15, 0.2) is 0 Å². The quantitative estimate of drug-likeness (QED) is 0.0350. The van der Waals surface area contributed by atoms with Crippen molar-refractivity contribution in [3.05, 3.63) is 0 Å². The molecule has 0 radical (unpaired) electrons. The third-order valence-electron chi connectivity index (χ3n) is 12.1. The molecule has 0 aliphatic carbocycles. The number of hydrogen-bond donors (Lipinski definition) is 0. The van der Waals surface area contributed by atoms with E-state index in [0.717, 1.165) is 21.3 Å². The highest BCUT2D eigenvalue weighted by atomic mass is 32.3. The molecule has 0 aromatic rings. The molecular formula is C51H90O39S8. The minimum Gasteiger partial charge on any atom is -0.467 e. The number of unbranched alkanes of at least 4 members (excludes halogenated alkanes) is 7. The Bertz CT molecular complexity index is 3440. The largest absolute Gasteiger partial charge is 0.508 e. The second-order valence-corrected chi connectivity index (χ2v) is 34.8. The van der Waals surface area contributed by atoms with Gasteiger partial charge in [0.15, 0.2) is 47.9 Å². The Morgan fingerprint density at radius 1 is 0.327 bits per heavy atom. The molecular weight excluding hydrogens is 1490 g/mol. The number of cyclic esters (lactones) is 4. The highest BCUT2D eigenvalue weighted by Gasteiger charge is 2.31. The summed E-state index contributed by atoms with van der Waals surface area (Å²) in [4.78, 5) is 87.5. The van der Waals surface area contributed by atoms with Gasteiger partial charge >= 0.3 is 30.2 Å². The lowest BCUT2D eigenvalue weighted by molar-refractivity contribution is -0.148. The van der Waals surface area contributed by atoms with Crippen LogP contribution in [-0.2, 0) is 176 Å². The second-order valence-electron chi connectivity index (χ2n) is 21.0. The molecule has 39 nitrogen and oxygen atoms in total. The lowest BCUT2D eigenvalue weighted by Gasteiger charge is -2.11. The number of carbonyl (C=O) groups is 8. The second kappa shape index (κ2) is 46.0. The summed E-state index contributed by atoms with van der Waals surface area (Å²) in [5, 5.41) is 0. The van der Waals surface area contributed by atoms with Crippen LogP contribution in [0.2, 0.25) is 0 Å². The van der Waals surface area contributed by atoms with Gasteiger partial charge in [0, 0.05) is 0 Å². The van der Waals surface area contributed by atoms with Crippen LogP contribution >= 0.6 is 0 Å². The summed E-state index contributed by atoms with van der Waals surface area (Å²) in [5.41, 5.74) is 0. The fraction of sp³-hybridized carbons (Fsp3) is 0.843. The van der Waals surface area contributed by atoms with Gasteiger partial charge in [-0.05, 0) is 114 Å². The van der Waals surface area contributed by atoms with E-state index in [4.69, 9.17) is 12.5 Å². The number of hydrogen-bond acceptors (Lipinski definition) is 39. The lowest BCUT2D eigenvalue weighted by Crippen LogP contribution is -2.27. The molecule has 0 N–H and O–H groups in total. The molecule has 0 aromatic heterocycles. The zero-order chi connectivity index (χ0) is 76.1. The van der Waals surface area contributed by atoms with E-state index in [-0.39, 0.29) is 107 Å². The number of esters is 3. The molecule has 8 unspecified atom stereocenters. The smallest absolute Gasteiger partial charge is 0.467 e. The van der Waals surface area contributed by atoms with Gasteiger partial charge in [-0.25, -0.2) is 24.0 Å².